The first kappa shape index (κ1) is 28.7. The molecule has 5 aromatic rings. The van der Waals surface area contributed by atoms with Crippen molar-refractivity contribution < 1.29 is 22.4 Å². The number of ketones is 1. The highest BCUT2D eigenvalue weighted by molar-refractivity contribution is 7.89. The summed E-state index contributed by atoms with van der Waals surface area (Å²) in [6.45, 7) is 1.48. The van der Waals surface area contributed by atoms with Crippen LogP contribution in [0.15, 0.2) is 47.1 Å². The van der Waals surface area contributed by atoms with Crippen molar-refractivity contribution in [1.29, 1.82) is 0 Å². The van der Waals surface area contributed by atoms with Gasteiger partial charge in [0.2, 0.25) is 10.0 Å². The van der Waals surface area contributed by atoms with E-state index in [0.29, 0.717) is 79.1 Å². The summed E-state index contributed by atoms with van der Waals surface area (Å²) in [5.74, 6) is 0.286. The molecule has 0 amide bonds. The third kappa shape index (κ3) is 5.94. The van der Waals surface area contributed by atoms with Crippen LogP contribution < -0.4 is 11.5 Å². The van der Waals surface area contributed by atoms with Crippen molar-refractivity contribution in [1.82, 2.24) is 29.0 Å². The average molecular weight is 605 g/mol. The normalized spacial score (nSPS) is 14.0. The Morgan fingerprint density at radius 3 is 2.79 bits per heavy atom. The minimum absolute atomic E-state index is 0.0148. The second kappa shape index (κ2) is 11.7. The highest BCUT2D eigenvalue weighted by Crippen LogP contribution is 2.33. The van der Waals surface area contributed by atoms with Crippen LogP contribution in [-0.4, -0.2) is 69.3 Å². The Balaban J connectivity index is 1.20. The number of nitrogen functional groups attached to an aromatic ring is 2. The molecule has 13 nitrogen and oxygen atoms in total. The van der Waals surface area contributed by atoms with E-state index in [1.54, 1.807) is 10.7 Å². The predicted molar refractivity (Wildman–Crippen MR) is 161 cm³/mol. The number of aromatic nitrogens is 5. The largest absolute Gasteiger partial charge is 0.424 e. The molecule has 0 radical (unpaired) electrons. The Labute approximate surface area is 247 Å². The monoisotopic (exact) mass is 604 g/mol. The van der Waals surface area contributed by atoms with E-state index in [1.807, 2.05) is 24.3 Å². The molecule has 1 aliphatic rings. The number of benzene rings is 2. The van der Waals surface area contributed by atoms with Gasteiger partial charge in [-0.1, -0.05) is 18.2 Å². The van der Waals surface area contributed by atoms with E-state index in [9.17, 15) is 13.2 Å². The molecule has 0 fully saturated rings. The standard InChI is InChI=1S/C29H32N8O5S/c1-41-11-9-22(38)3-2-12-43(39,40)36-10-8-19-13-18(4-5-21(19)16-36)15-37-28-25(27(30)32-17-33-28)26(35-37)20-6-7-24-23(14-20)34-29(31)42-24/h4-7,13-14,17H,2-3,8-12,15-16H2,1H3,(H2,31,34)(H2,30,32,33). The Hall–Kier alpha value is -4.40. The molecule has 224 valence electrons. The second-order valence-corrected chi connectivity index (χ2v) is 12.7. The molecule has 1 aliphatic heterocycles. The van der Waals surface area contributed by atoms with E-state index in [4.69, 9.17) is 25.7 Å². The number of carbonyl (C=O) groups is 1. The lowest BCUT2D eigenvalue weighted by molar-refractivity contribution is -0.119. The third-order valence-electron chi connectivity index (χ3n) is 7.65. The van der Waals surface area contributed by atoms with Gasteiger partial charge in [-0.25, -0.2) is 23.1 Å². The zero-order valence-corrected chi connectivity index (χ0v) is 24.5. The SMILES string of the molecule is COCCC(=O)CCCS(=O)(=O)N1CCc2cc(Cn3nc(-c4ccc5oc(N)nc5c4)c4c(N)ncnc43)ccc2C1. The van der Waals surface area contributed by atoms with E-state index in [-0.39, 0.29) is 24.0 Å². The number of nitrogens with two attached hydrogens (primary N) is 2. The summed E-state index contributed by atoms with van der Waals surface area (Å²) in [5, 5.41) is 5.51. The molecule has 6 rings (SSSR count). The van der Waals surface area contributed by atoms with Crippen LogP contribution in [-0.2, 0) is 39.1 Å². The van der Waals surface area contributed by atoms with Gasteiger partial charge in [0, 0.05) is 38.6 Å². The molecule has 0 unspecified atom stereocenters. The van der Waals surface area contributed by atoms with Crippen molar-refractivity contribution in [2.24, 2.45) is 0 Å². The number of hydrogen-bond acceptors (Lipinski definition) is 11. The predicted octanol–water partition coefficient (Wildman–Crippen LogP) is 2.92. The first-order valence-electron chi connectivity index (χ1n) is 13.9. The van der Waals surface area contributed by atoms with Crippen molar-refractivity contribution in [3.8, 4) is 11.3 Å². The number of Topliss-reactive ketones (excluding diaryl/α,β-unsaturated/α-hetero) is 1. The average Bonchev–Trinajstić information content (AvgIpc) is 3.55. The number of fused-ring (bicyclic) bond motifs is 3. The van der Waals surface area contributed by atoms with Gasteiger partial charge in [-0.3, -0.25) is 4.79 Å². The summed E-state index contributed by atoms with van der Waals surface area (Å²) in [7, 11) is -1.94. The Morgan fingerprint density at radius 2 is 1.95 bits per heavy atom. The van der Waals surface area contributed by atoms with Crippen LogP contribution in [0.3, 0.4) is 0 Å². The second-order valence-electron chi connectivity index (χ2n) is 10.6. The number of sulfonamides is 1. The molecular weight excluding hydrogens is 572 g/mol. The molecule has 3 aromatic heterocycles. The summed E-state index contributed by atoms with van der Waals surface area (Å²) in [6, 6.07) is 11.6. The van der Waals surface area contributed by atoms with Gasteiger partial charge in [0.1, 0.15) is 29.1 Å². The molecule has 0 aliphatic carbocycles. The maximum Gasteiger partial charge on any atom is 0.292 e. The summed E-state index contributed by atoms with van der Waals surface area (Å²) >= 11 is 0. The zero-order valence-electron chi connectivity index (χ0n) is 23.7. The fraction of sp³-hybridized carbons (Fsp3) is 0.345. The number of hydrogen-bond donors (Lipinski definition) is 2. The van der Waals surface area contributed by atoms with Crippen LogP contribution in [0.2, 0.25) is 0 Å². The van der Waals surface area contributed by atoms with Gasteiger partial charge in [0.15, 0.2) is 11.2 Å². The number of methoxy groups -OCH3 is 1. The molecule has 4 N–H and O–H groups in total. The van der Waals surface area contributed by atoms with Crippen molar-refractivity contribution in [2.75, 3.05) is 37.5 Å². The zero-order chi connectivity index (χ0) is 30.1. The van der Waals surface area contributed by atoms with Gasteiger partial charge < -0.3 is 20.6 Å². The molecule has 0 spiro atoms. The van der Waals surface area contributed by atoms with Gasteiger partial charge in [0.25, 0.3) is 6.01 Å². The van der Waals surface area contributed by atoms with Crippen LogP contribution in [0.25, 0.3) is 33.4 Å². The molecule has 0 bridgehead atoms. The van der Waals surface area contributed by atoms with Crippen LogP contribution in [0.5, 0.6) is 0 Å². The first-order valence-corrected chi connectivity index (χ1v) is 15.6. The number of carbonyl (C=O) groups excluding carboxylic acids is 1. The van der Waals surface area contributed by atoms with Crippen molar-refractivity contribution in [2.45, 2.75) is 38.8 Å². The van der Waals surface area contributed by atoms with Gasteiger partial charge in [0.05, 0.1) is 24.3 Å². The summed E-state index contributed by atoms with van der Waals surface area (Å²) < 4.78 is 39.6. The smallest absolute Gasteiger partial charge is 0.292 e. The number of ether oxygens (including phenoxy) is 1. The minimum atomic E-state index is -3.47. The molecule has 43 heavy (non-hydrogen) atoms. The van der Waals surface area contributed by atoms with Crippen molar-refractivity contribution >= 4 is 49.8 Å². The lowest BCUT2D eigenvalue weighted by Crippen LogP contribution is -2.37. The van der Waals surface area contributed by atoms with E-state index < -0.39 is 10.0 Å². The van der Waals surface area contributed by atoms with Gasteiger partial charge >= 0.3 is 0 Å². The van der Waals surface area contributed by atoms with E-state index in [2.05, 4.69) is 21.0 Å². The van der Waals surface area contributed by atoms with Crippen LogP contribution in [0.4, 0.5) is 11.8 Å². The van der Waals surface area contributed by atoms with Crippen LogP contribution in [0.1, 0.15) is 36.0 Å². The highest BCUT2D eigenvalue weighted by Gasteiger charge is 2.27. The summed E-state index contributed by atoms with van der Waals surface area (Å²) in [6.07, 6.45) is 2.86. The van der Waals surface area contributed by atoms with Crippen molar-refractivity contribution in [3.05, 3.63) is 59.4 Å². The Bertz CT molecular complexity index is 1930. The third-order valence-corrected chi connectivity index (χ3v) is 9.56. The molecule has 0 saturated heterocycles. The molecular formula is C29H32N8O5S. The maximum absolute atomic E-state index is 13.0. The number of rotatable bonds is 11. The quantitative estimate of drug-likeness (QED) is 0.226. The fourth-order valence-corrected chi connectivity index (χ4v) is 6.92. The topological polar surface area (TPSA) is 185 Å². The molecule has 4 heterocycles. The number of anilines is 2. The van der Waals surface area contributed by atoms with E-state index in [1.165, 1.54) is 17.7 Å². The van der Waals surface area contributed by atoms with Gasteiger partial charge in [-0.2, -0.15) is 14.4 Å². The van der Waals surface area contributed by atoms with E-state index >= 15 is 0 Å². The lowest BCUT2D eigenvalue weighted by Gasteiger charge is -2.28. The maximum atomic E-state index is 13.0. The highest BCUT2D eigenvalue weighted by atomic mass is 32.2. The van der Waals surface area contributed by atoms with E-state index in [0.717, 1.165) is 22.3 Å². The molecule has 14 heteroatoms. The number of nitrogens with zero attached hydrogens (tertiary/aromatic N) is 6. The minimum Gasteiger partial charge on any atom is -0.424 e. The molecule has 0 saturated carbocycles. The Morgan fingerprint density at radius 1 is 1.09 bits per heavy atom. The molecule has 2 aromatic carbocycles. The molecule has 0 atom stereocenters. The first-order chi connectivity index (χ1) is 20.7. The van der Waals surface area contributed by atoms with Gasteiger partial charge in [-0.15, -0.1) is 0 Å². The summed E-state index contributed by atoms with van der Waals surface area (Å²) in [5.41, 5.74) is 18.2. The summed E-state index contributed by atoms with van der Waals surface area (Å²) in [4.78, 5) is 24.8. The van der Waals surface area contributed by atoms with Gasteiger partial charge in [-0.05, 0) is 47.7 Å². The fourth-order valence-electron chi connectivity index (χ4n) is 5.45. The van der Waals surface area contributed by atoms with Crippen LogP contribution >= 0.6 is 0 Å². The Kier molecular flexibility index (Phi) is 7.81. The lowest BCUT2D eigenvalue weighted by atomic mass is 9.98. The van der Waals surface area contributed by atoms with Crippen LogP contribution in [0, 0.1) is 0 Å². The van der Waals surface area contributed by atoms with Crippen molar-refractivity contribution in [3.63, 3.8) is 0 Å². The number of oxazole rings is 1.